The van der Waals surface area contributed by atoms with Crippen LogP contribution in [0.25, 0.3) is 0 Å². The molecule has 0 aromatic carbocycles. The van der Waals surface area contributed by atoms with Gasteiger partial charge in [-0.15, -0.1) is 10.2 Å². The van der Waals surface area contributed by atoms with Crippen LogP contribution in [0.2, 0.25) is 0 Å². The van der Waals surface area contributed by atoms with E-state index < -0.39 is 0 Å². The number of amides is 1. The van der Waals surface area contributed by atoms with Crippen LogP contribution in [-0.4, -0.2) is 32.6 Å². The summed E-state index contributed by atoms with van der Waals surface area (Å²) in [5.41, 5.74) is 0. The average molecular weight is 206 g/mol. The third-order valence-corrected chi connectivity index (χ3v) is 3.34. The number of carbonyl (C=O) groups is 1. The third-order valence-electron chi connectivity index (χ3n) is 3.34. The van der Waals surface area contributed by atoms with Crippen LogP contribution in [0, 0.1) is 0 Å². The van der Waals surface area contributed by atoms with Gasteiger partial charge in [0.2, 0.25) is 6.41 Å². The average Bonchev–Trinajstić information content (AvgIpc) is 2.99. The predicted octanol–water partition coefficient (Wildman–Crippen LogP) is 0.688. The molecule has 1 aromatic heterocycles. The Morgan fingerprint density at radius 3 is 2.67 bits per heavy atom. The molecular weight excluding hydrogens is 192 g/mol. The number of fused-ring (bicyclic) bond motifs is 1. The molecule has 3 rings (SSSR count). The highest BCUT2D eigenvalue weighted by Crippen LogP contribution is 2.40. The second-order valence-electron chi connectivity index (χ2n) is 4.36. The van der Waals surface area contributed by atoms with E-state index in [0.717, 1.165) is 31.1 Å². The Morgan fingerprint density at radius 2 is 2.00 bits per heavy atom. The number of hydrogen-bond donors (Lipinski definition) is 0. The number of hydrogen-bond acceptors (Lipinski definition) is 3. The van der Waals surface area contributed by atoms with Gasteiger partial charge in [0.25, 0.3) is 0 Å². The lowest BCUT2D eigenvalue weighted by Crippen LogP contribution is -2.36. The smallest absolute Gasteiger partial charge is 0.210 e. The van der Waals surface area contributed by atoms with Crippen molar-refractivity contribution in [1.29, 1.82) is 0 Å². The molecule has 1 aliphatic heterocycles. The molecule has 1 fully saturated rings. The van der Waals surface area contributed by atoms with Crippen LogP contribution in [0.1, 0.15) is 43.4 Å². The Balaban J connectivity index is 1.98. The second-order valence-corrected chi connectivity index (χ2v) is 4.36. The van der Waals surface area contributed by atoms with Crippen molar-refractivity contribution in [3.05, 3.63) is 11.6 Å². The largest absolute Gasteiger partial charge is 0.333 e. The van der Waals surface area contributed by atoms with E-state index >= 15 is 0 Å². The molecule has 1 amide bonds. The first kappa shape index (κ1) is 8.88. The topological polar surface area (TPSA) is 51.0 Å². The fraction of sp³-hybridized carbons (Fsp3) is 0.700. The molecule has 0 spiro atoms. The summed E-state index contributed by atoms with van der Waals surface area (Å²) in [5.74, 6) is 2.69. The highest BCUT2D eigenvalue weighted by molar-refractivity contribution is 5.48. The van der Waals surface area contributed by atoms with Crippen molar-refractivity contribution in [2.75, 3.05) is 6.54 Å². The van der Waals surface area contributed by atoms with Crippen molar-refractivity contribution in [2.45, 2.75) is 38.3 Å². The summed E-state index contributed by atoms with van der Waals surface area (Å²) < 4.78 is 2.20. The zero-order valence-electron chi connectivity index (χ0n) is 8.76. The van der Waals surface area contributed by atoms with Gasteiger partial charge in [0.1, 0.15) is 5.82 Å². The fourth-order valence-electron chi connectivity index (χ4n) is 2.21. The molecular formula is C10H14N4O. The zero-order chi connectivity index (χ0) is 10.4. The van der Waals surface area contributed by atoms with Gasteiger partial charge >= 0.3 is 0 Å². The summed E-state index contributed by atoms with van der Waals surface area (Å²) in [4.78, 5) is 12.6. The van der Waals surface area contributed by atoms with Crippen molar-refractivity contribution in [1.82, 2.24) is 19.7 Å². The number of rotatable bonds is 2. The molecule has 0 bridgehead atoms. The van der Waals surface area contributed by atoms with E-state index in [-0.39, 0.29) is 6.04 Å². The van der Waals surface area contributed by atoms with Gasteiger partial charge in [0.15, 0.2) is 5.82 Å². The molecule has 5 nitrogen and oxygen atoms in total. The van der Waals surface area contributed by atoms with Crippen LogP contribution >= 0.6 is 0 Å². The van der Waals surface area contributed by atoms with Gasteiger partial charge in [-0.1, -0.05) is 0 Å². The molecule has 1 saturated carbocycles. The molecule has 1 atom stereocenters. The summed E-state index contributed by atoms with van der Waals surface area (Å²) in [7, 11) is 0. The maximum absolute atomic E-state index is 10.8. The summed E-state index contributed by atoms with van der Waals surface area (Å²) in [6.07, 6.45) is 3.38. The highest BCUT2D eigenvalue weighted by Gasteiger charge is 2.34. The fourth-order valence-corrected chi connectivity index (χ4v) is 2.21. The van der Waals surface area contributed by atoms with Gasteiger partial charge < -0.3 is 9.47 Å². The molecule has 0 saturated heterocycles. The zero-order valence-corrected chi connectivity index (χ0v) is 8.76. The molecule has 2 heterocycles. The van der Waals surface area contributed by atoms with Gasteiger partial charge in [0.05, 0.1) is 6.04 Å². The minimum Gasteiger partial charge on any atom is -0.333 e. The minimum absolute atomic E-state index is 0.0660. The number of nitrogens with zero attached hydrogens (tertiary/aromatic N) is 4. The lowest BCUT2D eigenvalue weighted by atomic mass is 10.2. The lowest BCUT2D eigenvalue weighted by molar-refractivity contribution is -0.121. The van der Waals surface area contributed by atoms with E-state index in [1.807, 2.05) is 6.92 Å². The van der Waals surface area contributed by atoms with E-state index in [1.54, 1.807) is 4.90 Å². The van der Waals surface area contributed by atoms with Gasteiger partial charge in [-0.25, -0.2) is 0 Å². The van der Waals surface area contributed by atoms with E-state index in [9.17, 15) is 4.79 Å². The van der Waals surface area contributed by atoms with E-state index in [4.69, 9.17) is 0 Å². The van der Waals surface area contributed by atoms with Crippen molar-refractivity contribution in [3.8, 4) is 0 Å². The molecule has 5 heteroatoms. The van der Waals surface area contributed by atoms with Crippen LogP contribution < -0.4 is 0 Å². The first-order valence-electron chi connectivity index (χ1n) is 5.45. The predicted molar refractivity (Wildman–Crippen MR) is 53.2 cm³/mol. The van der Waals surface area contributed by atoms with E-state index in [1.165, 1.54) is 12.8 Å². The lowest BCUT2D eigenvalue weighted by Gasteiger charge is -2.30. The molecule has 0 radical (unpaired) electrons. The standard InChI is InChI=1S/C10H14N4O/c1-7-9-11-12-10(8-2-3-8)14(9)5-4-13(7)6-15/h6-8H,2-5H2,1H3. The minimum atomic E-state index is 0.0660. The molecule has 80 valence electrons. The maximum atomic E-state index is 10.8. The molecule has 2 aliphatic rings. The Kier molecular flexibility index (Phi) is 1.81. The molecule has 0 N–H and O–H groups in total. The summed E-state index contributed by atoms with van der Waals surface area (Å²) in [6, 6.07) is 0.0660. The van der Waals surface area contributed by atoms with Crippen molar-refractivity contribution < 1.29 is 4.79 Å². The van der Waals surface area contributed by atoms with Crippen molar-refractivity contribution >= 4 is 6.41 Å². The molecule has 1 aromatic rings. The van der Waals surface area contributed by atoms with Crippen LogP contribution in [0.5, 0.6) is 0 Å². The van der Waals surface area contributed by atoms with Crippen molar-refractivity contribution in [3.63, 3.8) is 0 Å². The Hall–Kier alpha value is -1.39. The van der Waals surface area contributed by atoms with E-state index in [2.05, 4.69) is 14.8 Å². The normalized spacial score (nSPS) is 25.1. The van der Waals surface area contributed by atoms with Crippen LogP contribution in [0.4, 0.5) is 0 Å². The van der Waals surface area contributed by atoms with Gasteiger partial charge in [-0.05, 0) is 19.8 Å². The first-order chi connectivity index (χ1) is 7.31. The van der Waals surface area contributed by atoms with Gasteiger partial charge in [0, 0.05) is 19.0 Å². The summed E-state index contributed by atoms with van der Waals surface area (Å²) in [6.45, 7) is 3.62. The third kappa shape index (κ3) is 1.26. The SMILES string of the molecule is CC1c2nnc(C3CC3)n2CCN1C=O. The number of aromatic nitrogens is 3. The molecule has 1 aliphatic carbocycles. The van der Waals surface area contributed by atoms with E-state index in [0.29, 0.717) is 5.92 Å². The highest BCUT2D eigenvalue weighted by atomic mass is 16.1. The number of carbonyl (C=O) groups excluding carboxylic acids is 1. The van der Waals surface area contributed by atoms with Gasteiger partial charge in [-0.3, -0.25) is 4.79 Å². The first-order valence-corrected chi connectivity index (χ1v) is 5.45. The van der Waals surface area contributed by atoms with Crippen molar-refractivity contribution in [2.24, 2.45) is 0 Å². The Morgan fingerprint density at radius 1 is 1.27 bits per heavy atom. The monoisotopic (exact) mass is 206 g/mol. The Labute approximate surface area is 88.1 Å². The van der Waals surface area contributed by atoms with Gasteiger partial charge in [-0.2, -0.15) is 0 Å². The molecule has 1 unspecified atom stereocenters. The maximum Gasteiger partial charge on any atom is 0.210 e. The quantitative estimate of drug-likeness (QED) is 0.669. The Bertz CT molecular complexity index is 396. The second kappa shape index (κ2) is 3.05. The van der Waals surface area contributed by atoms with Crippen LogP contribution in [0.3, 0.4) is 0 Å². The summed E-state index contributed by atoms with van der Waals surface area (Å²) in [5, 5.41) is 8.46. The summed E-state index contributed by atoms with van der Waals surface area (Å²) >= 11 is 0. The van der Waals surface area contributed by atoms with Crippen LogP contribution in [-0.2, 0) is 11.3 Å². The van der Waals surface area contributed by atoms with Crippen LogP contribution in [0.15, 0.2) is 0 Å². The molecule has 15 heavy (non-hydrogen) atoms.